The van der Waals surface area contributed by atoms with Gasteiger partial charge in [-0.2, -0.15) is 0 Å². The molecule has 0 radical (unpaired) electrons. The molecule has 1 atom stereocenters. The van der Waals surface area contributed by atoms with Crippen LogP contribution in [0.3, 0.4) is 0 Å². The van der Waals surface area contributed by atoms with Gasteiger partial charge in [0.05, 0.1) is 0 Å². The average Bonchev–Trinajstić information content (AvgIpc) is 2.55. The Labute approximate surface area is 137 Å². The predicted octanol–water partition coefficient (Wildman–Crippen LogP) is 2.18. The highest BCUT2D eigenvalue weighted by atomic mass is 16.5. The van der Waals surface area contributed by atoms with E-state index in [2.05, 4.69) is 0 Å². The summed E-state index contributed by atoms with van der Waals surface area (Å²) < 4.78 is 5.91. The Morgan fingerprint density at radius 3 is 2.43 bits per heavy atom. The van der Waals surface area contributed by atoms with E-state index in [-0.39, 0.29) is 17.7 Å². The molecule has 0 bridgehead atoms. The van der Waals surface area contributed by atoms with Gasteiger partial charge >= 0.3 is 0 Å². The van der Waals surface area contributed by atoms with Crippen molar-refractivity contribution in [3.63, 3.8) is 0 Å². The number of aryl methyl sites for hydroxylation is 2. The fraction of sp³-hybridized carbons (Fsp3) is 0.556. The molecule has 0 saturated carbocycles. The number of rotatable bonds is 5. The number of amides is 2. The summed E-state index contributed by atoms with van der Waals surface area (Å²) in [6.45, 7) is 7.16. The highest BCUT2D eigenvalue weighted by Crippen LogP contribution is 2.21. The Hall–Kier alpha value is -2.04. The first-order chi connectivity index (χ1) is 10.9. The van der Waals surface area contributed by atoms with E-state index in [0.29, 0.717) is 32.4 Å². The summed E-state index contributed by atoms with van der Waals surface area (Å²) in [5, 5.41) is 0. The second-order valence-electron chi connectivity index (χ2n) is 6.26. The largest absolute Gasteiger partial charge is 0.481 e. The van der Waals surface area contributed by atoms with Gasteiger partial charge in [0.15, 0.2) is 6.10 Å². The average molecular weight is 318 g/mol. The summed E-state index contributed by atoms with van der Waals surface area (Å²) in [4.78, 5) is 25.6. The molecule has 5 nitrogen and oxygen atoms in total. The second-order valence-corrected chi connectivity index (χ2v) is 6.26. The first-order valence-electron chi connectivity index (χ1n) is 8.24. The molecule has 1 aromatic rings. The Morgan fingerprint density at radius 1 is 1.26 bits per heavy atom. The molecule has 23 heavy (non-hydrogen) atoms. The van der Waals surface area contributed by atoms with Crippen molar-refractivity contribution in [1.29, 1.82) is 0 Å². The van der Waals surface area contributed by atoms with E-state index in [4.69, 9.17) is 10.5 Å². The lowest BCUT2D eigenvalue weighted by Crippen LogP contribution is -2.47. The smallest absolute Gasteiger partial charge is 0.263 e. The van der Waals surface area contributed by atoms with Crippen LogP contribution >= 0.6 is 0 Å². The number of benzene rings is 1. The molecule has 5 heteroatoms. The van der Waals surface area contributed by atoms with Crippen LogP contribution in [0, 0.1) is 19.8 Å². The quantitative estimate of drug-likeness (QED) is 0.904. The molecule has 0 aromatic heterocycles. The van der Waals surface area contributed by atoms with Crippen LogP contribution < -0.4 is 10.5 Å². The summed E-state index contributed by atoms with van der Waals surface area (Å²) in [5.41, 5.74) is 7.68. The molecular weight excluding hydrogens is 292 g/mol. The van der Waals surface area contributed by atoms with E-state index in [9.17, 15) is 9.59 Å². The van der Waals surface area contributed by atoms with Crippen molar-refractivity contribution in [1.82, 2.24) is 4.90 Å². The predicted molar refractivity (Wildman–Crippen MR) is 89.1 cm³/mol. The molecule has 1 fully saturated rings. The Kier molecular flexibility index (Phi) is 5.64. The van der Waals surface area contributed by atoms with Crippen molar-refractivity contribution >= 4 is 11.8 Å². The van der Waals surface area contributed by atoms with Crippen molar-refractivity contribution in [3.8, 4) is 5.75 Å². The van der Waals surface area contributed by atoms with Gasteiger partial charge in [-0.25, -0.2) is 0 Å². The molecule has 1 aliphatic heterocycles. The van der Waals surface area contributed by atoms with Gasteiger partial charge in [0.2, 0.25) is 5.91 Å². The van der Waals surface area contributed by atoms with E-state index < -0.39 is 6.10 Å². The first-order valence-corrected chi connectivity index (χ1v) is 8.24. The maximum atomic E-state index is 12.6. The summed E-state index contributed by atoms with van der Waals surface area (Å²) >= 11 is 0. The first kappa shape index (κ1) is 17.3. The number of carbonyl (C=O) groups is 2. The summed E-state index contributed by atoms with van der Waals surface area (Å²) in [6.07, 6.45) is 1.41. The molecule has 1 heterocycles. The lowest BCUT2D eigenvalue weighted by atomic mass is 9.96. The fourth-order valence-electron chi connectivity index (χ4n) is 2.85. The number of primary amides is 1. The van der Waals surface area contributed by atoms with Crippen molar-refractivity contribution in [2.24, 2.45) is 11.7 Å². The standard InChI is InChI=1S/C18H26N2O3/c1-4-16(23-15-6-5-12(2)13(3)11-15)18(22)20-9-7-14(8-10-20)17(19)21/h5-6,11,14,16H,4,7-10H2,1-3H3,(H2,19,21)/t16-/m1/s1. The van der Waals surface area contributed by atoms with Crippen LogP contribution in [0.15, 0.2) is 18.2 Å². The third-order valence-electron chi connectivity index (χ3n) is 4.61. The third kappa shape index (κ3) is 4.24. The number of nitrogens with zero attached hydrogens (tertiary/aromatic N) is 1. The molecule has 2 rings (SSSR count). The summed E-state index contributed by atoms with van der Waals surface area (Å²) in [6, 6.07) is 5.86. The molecule has 1 saturated heterocycles. The molecular formula is C18H26N2O3. The van der Waals surface area contributed by atoms with Crippen LogP contribution in [-0.4, -0.2) is 35.9 Å². The Balaban J connectivity index is 1.98. The van der Waals surface area contributed by atoms with Gasteiger partial charge in [-0.15, -0.1) is 0 Å². The number of piperidine rings is 1. The highest BCUT2D eigenvalue weighted by Gasteiger charge is 2.30. The number of nitrogens with two attached hydrogens (primary N) is 1. The van der Waals surface area contributed by atoms with Crippen LogP contribution in [0.4, 0.5) is 0 Å². The number of ether oxygens (including phenoxy) is 1. The molecule has 2 N–H and O–H groups in total. The molecule has 0 unspecified atom stereocenters. The third-order valence-corrected chi connectivity index (χ3v) is 4.61. The van der Waals surface area contributed by atoms with Crippen molar-refractivity contribution < 1.29 is 14.3 Å². The molecule has 126 valence electrons. The number of hydrogen-bond acceptors (Lipinski definition) is 3. The van der Waals surface area contributed by atoms with Crippen LogP contribution in [0.1, 0.15) is 37.3 Å². The molecule has 0 spiro atoms. The maximum Gasteiger partial charge on any atom is 0.263 e. The zero-order chi connectivity index (χ0) is 17.0. The monoisotopic (exact) mass is 318 g/mol. The molecule has 1 aromatic carbocycles. The van der Waals surface area contributed by atoms with Gasteiger partial charge < -0.3 is 15.4 Å². The van der Waals surface area contributed by atoms with E-state index in [1.54, 1.807) is 4.90 Å². The zero-order valence-electron chi connectivity index (χ0n) is 14.2. The van der Waals surface area contributed by atoms with Gasteiger partial charge in [0.25, 0.3) is 5.91 Å². The Morgan fingerprint density at radius 2 is 1.91 bits per heavy atom. The van der Waals surface area contributed by atoms with Gasteiger partial charge in [0, 0.05) is 19.0 Å². The lowest BCUT2D eigenvalue weighted by Gasteiger charge is -2.33. The number of hydrogen-bond donors (Lipinski definition) is 1. The lowest BCUT2D eigenvalue weighted by molar-refractivity contribution is -0.141. The van der Waals surface area contributed by atoms with Crippen LogP contribution in [0.25, 0.3) is 0 Å². The van der Waals surface area contributed by atoms with Crippen LogP contribution in [0.2, 0.25) is 0 Å². The number of carbonyl (C=O) groups excluding carboxylic acids is 2. The Bertz CT molecular complexity index is 578. The van der Waals surface area contributed by atoms with Gasteiger partial charge in [-0.3, -0.25) is 9.59 Å². The molecule has 1 aliphatic rings. The van der Waals surface area contributed by atoms with Crippen molar-refractivity contribution in [2.75, 3.05) is 13.1 Å². The molecule has 2 amide bonds. The van der Waals surface area contributed by atoms with E-state index in [1.807, 2.05) is 39.0 Å². The number of likely N-dealkylation sites (tertiary alicyclic amines) is 1. The van der Waals surface area contributed by atoms with Crippen LogP contribution in [-0.2, 0) is 9.59 Å². The normalized spacial score (nSPS) is 16.9. The minimum Gasteiger partial charge on any atom is -0.481 e. The van der Waals surface area contributed by atoms with Gasteiger partial charge in [-0.05, 0) is 56.4 Å². The summed E-state index contributed by atoms with van der Waals surface area (Å²) in [5.74, 6) is 0.337. The molecule has 0 aliphatic carbocycles. The highest BCUT2D eigenvalue weighted by molar-refractivity contribution is 5.82. The fourth-order valence-corrected chi connectivity index (χ4v) is 2.85. The van der Waals surface area contributed by atoms with Gasteiger partial charge in [-0.1, -0.05) is 13.0 Å². The minimum atomic E-state index is -0.484. The minimum absolute atomic E-state index is 0.00588. The zero-order valence-corrected chi connectivity index (χ0v) is 14.2. The van der Waals surface area contributed by atoms with E-state index >= 15 is 0 Å². The van der Waals surface area contributed by atoms with Crippen molar-refractivity contribution in [3.05, 3.63) is 29.3 Å². The topological polar surface area (TPSA) is 72.6 Å². The van der Waals surface area contributed by atoms with Crippen molar-refractivity contribution in [2.45, 2.75) is 46.1 Å². The second kappa shape index (κ2) is 7.49. The van der Waals surface area contributed by atoms with Crippen LogP contribution in [0.5, 0.6) is 5.75 Å². The SMILES string of the molecule is CC[C@@H](Oc1ccc(C)c(C)c1)C(=O)N1CCC(C(N)=O)CC1. The maximum absolute atomic E-state index is 12.6. The summed E-state index contributed by atoms with van der Waals surface area (Å²) in [7, 11) is 0. The van der Waals surface area contributed by atoms with Gasteiger partial charge in [0.1, 0.15) is 5.75 Å². The van der Waals surface area contributed by atoms with E-state index in [0.717, 1.165) is 11.3 Å². The van der Waals surface area contributed by atoms with E-state index in [1.165, 1.54) is 5.56 Å².